The highest BCUT2D eigenvalue weighted by atomic mass is 14.5. The van der Waals surface area contributed by atoms with Crippen LogP contribution in [0.2, 0.25) is 0 Å². The molecule has 12 heavy (non-hydrogen) atoms. The highest BCUT2D eigenvalue weighted by Gasteiger charge is 2.50. The second-order valence-electron chi connectivity index (χ2n) is 4.60. The predicted octanol–water partition coefficient (Wildman–Crippen LogP) is 3.12. The molecule has 0 aromatic carbocycles. The topological polar surface area (TPSA) is 23.8 Å². The van der Waals surface area contributed by atoms with Crippen molar-refractivity contribution in [3.8, 4) is 6.07 Å². The number of nitrogens with zero attached hydrogens (tertiary/aromatic N) is 1. The minimum absolute atomic E-state index is 0.109. The van der Waals surface area contributed by atoms with E-state index >= 15 is 0 Å². The Kier molecular flexibility index (Phi) is 1.87. The Balaban J connectivity index is 2.15. The average molecular weight is 163 g/mol. The zero-order chi connectivity index (χ0) is 8.60. The van der Waals surface area contributed by atoms with Crippen molar-refractivity contribution in [3.63, 3.8) is 0 Å². The number of fused-ring (bicyclic) bond motifs is 2. The first-order valence-electron chi connectivity index (χ1n) is 5.22. The van der Waals surface area contributed by atoms with E-state index < -0.39 is 0 Å². The van der Waals surface area contributed by atoms with Gasteiger partial charge in [0, 0.05) is 0 Å². The Bertz CT molecular complexity index is 216. The van der Waals surface area contributed by atoms with Crippen molar-refractivity contribution in [2.24, 2.45) is 17.3 Å². The van der Waals surface area contributed by atoms with Gasteiger partial charge in [-0.3, -0.25) is 0 Å². The molecule has 0 radical (unpaired) electrons. The van der Waals surface area contributed by atoms with Gasteiger partial charge in [-0.05, 0) is 37.5 Å². The van der Waals surface area contributed by atoms with Gasteiger partial charge in [-0.25, -0.2) is 0 Å². The SMILES string of the molecule is CCCC1(C#N)CC2CCC1C2. The molecule has 0 aliphatic heterocycles. The molecule has 0 amide bonds. The molecule has 0 heterocycles. The molecule has 0 saturated heterocycles. The van der Waals surface area contributed by atoms with Gasteiger partial charge in [0.15, 0.2) is 0 Å². The molecule has 2 saturated carbocycles. The first-order valence-corrected chi connectivity index (χ1v) is 5.22. The summed E-state index contributed by atoms with van der Waals surface area (Å²) >= 11 is 0. The average Bonchev–Trinajstić information content (AvgIpc) is 2.64. The zero-order valence-corrected chi connectivity index (χ0v) is 7.84. The summed E-state index contributed by atoms with van der Waals surface area (Å²) in [6.07, 6.45) is 7.62. The van der Waals surface area contributed by atoms with Gasteiger partial charge < -0.3 is 0 Å². The summed E-state index contributed by atoms with van der Waals surface area (Å²) in [5.74, 6) is 1.66. The fourth-order valence-corrected chi connectivity index (χ4v) is 3.39. The quantitative estimate of drug-likeness (QED) is 0.613. The molecule has 0 aromatic heterocycles. The molecule has 2 fully saturated rings. The molecule has 1 heteroatoms. The van der Waals surface area contributed by atoms with Gasteiger partial charge in [0.25, 0.3) is 0 Å². The van der Waals surface area contributed by atoms with Gasteiger partial charge in [-0.1, -0.05) is 19.8 Å². The highest BCUT2D eigenvalue weighted by molar-refractivity contribution is 5.11. The maximum Gasteiger partial charge on any atom is 0.0692 e. The molecule has 2 aliphatic carbocycles. The Hall–Kier alpha value is -0.510. The van der Waals surface area contributed by atoms with E-state index in [1.165, 1.54) is 32.1 Å². The van der Waals surface area contributed by atoms with E-state index in [2.05, 4.69) is 13.0 Å². The molecule has 1 nitrogen and oxygen atoms in total. The smallest absolute Gasteiger partial charge is 0.0692 e. The van der Waals surface area contributed by atoms with Gasteiger partial charge in [-0.15, -0.1) is 0 Å². The minimum Gasteiger partial charge on any atom is -0.198 e. The van der Waals surface area contributed by atoms with Gasteiger partial charge in [-0.2, -0.15) is 5.26 Å². The summed E-state index contributed by atoms with van der Waals surface area (Å²) in [4.78, 5) is 0. The summed E-state index contributed by atoms with van der Waals surface area (Å²) in [6.45, 7) is 2.20. The first-order chi connectivity index (χ1) is 5.80. The van der Waals surface area contributed by atoms with Crippen molar-refractivity contribution in [3.05, 3.63) is 0 Å². The van der Waals surface area contributed by atoms with Crippen molar-refractivity contribution in [1.29, 1.82) is 5.26 Å². The normalized spacial score (nSPS) is 44.7. The lowest BCUT2D eigenvalue weighted by molar-refractivity contribution is 0.221. The van der Waals surface area contributed by atoms with Crippen LogP contribution in [0.1, 0.15) is 45.4 Å². The molecule has 2 aliphatic rings. The Morgan fingerprint density at radius 1 is 1.50 bits per heavy atom. The molecule has 3 unspecified atom stereocenters. The second kappa shape index (κ2) is 2.76. The standard InChI is InChI=1S/C11H17N/c1-2-5-11(8-12)7-9-3-4-10(11)6-9/h9-10H,2-7H2,1H3. The van der Waals surface area contributed by atoms with Crippen molar-refractivity contribution in [2.75, 3.05) is 0 Å². The number of nitriles is 1. The summed E-state index contributed by atoms with van der Waals surface area (Å²) in [7, 11) is 0. The lowest BCUT2D eigenvalue weighted by atomic mass is 9.71. The number of hydrogen-bond donors (Lipinski definition) is 0. The minimum atomic E-state index is 0.109. The van der Waals surface area contributed by atoms with Crippen molar-refractivity contribution < 1.29 is 0 Å². The van der Waals surface area contributed by atoms with Crippen LogP contribution in [0.4, 0.5) is 0 Å². The van der Waals surface area contributed by atoms with Crippen molar-refractivity contribution in [1.82, 2.24) is 0 Å². The van der Waals surface area contributed by atoms with Crippen molar-refractivity contribution >= 4 is 0 Å². The summed E-state index contributed by atoms with van der Waals surface area (Å²) in [5, 5.41) is 9.22. The molecule has 0 spiro atoms. The lowest BCUT2D eigenvalue weighted by Crippen LogP contribution is -2.25. The lowest BCUT2D eigenvalue weighted by Gasteiger charge is -2.30. The molecule has 2 rings (SSSR count). The van der Waals surface area contributed by atoms with Crippen LogP contribution < -0.4 is 0 Å². The molecule has 66 valence electrons. The van der Waals surface area contributed by atoms with E-state index in [1.54, 1.807) is 0 Å². The van der Waals surface area contributed by atoms with Gasteiger partial charge in [0.05, 0.1) is 11.5 Å². The van der Waals surface area contributed by atoms with E-state index in [9.17, 15) is 5.26 Å². The van der Waals surface area contributed by atoms with E-state index in [0.29, 0.717) is 0 Å². The summed E-state index contributed by atoms with van der Waals surface area (Å²) in [5.41, 5.74) is 0.109. The Morgan fingerprint density at radius 2 is 2.33 bits per heavy atom. The maximum atomic E-state index is 9.22. The highest BCUT2D eigenvalue weighted by Crippen LogP contribution is 2.57. The van der Waals surface area contributed by atoms with E-state index in [0.717, 1.165) is 18.3 Å². The Morgan fingerprint density at radius 3 is 2.75 bits per heavy atom. The zero-order valence-electron chi connectivity index (χ0n) is 7.84. The van der Waals surface area contributed by atoms with E-state index in [4.69, 9.17) is 0 Å². The third-order valence-corrected chi connectivity index (χ3v) is 3.89. The van der Waals surface area contributed by atoms with Gasteiger partial charge in [0.2, 0.25) is 0 Å². The van der Waals surface area contributed by atoms with E-state index in [-0.39, 0.29) is 5.41 Å². The Labute approximate surface area is 74.8 Å². The van der Waals surface area contributed by atoms with Crippen molar-refractivity contribution in [2.45, 2.75) is 45.4 Å². The molecular formula is C11H17N. The molecule has 2 bridgehead atoms. The molecule has 0 aromatic rings. The van der Waals surface area contributed by atoms with Gasteiger partial charge in [0.1, 0.15) is 0 Å². The fourth-order valence-electron chi connectivity index (χ4n) is 3.39. The first kappa shape index (κ1) is 8.10. The monoisotopic (exact) mass is 163 g/mol. The largest absolute Gasteiger partial charge is 0.198 e. The van der Waals surface area contributed by atoms with Gasteiger partial charge >= 0.3 is 0 Å². The maximum absolute atomic E-state index is 9.22. The van der Waals surface area contributed by atoms with Crippen LogP contribution in [0.15, 0.2) is 0 Å². The van der Waals surface area contributed by atoms with E-state index in [1.807, 2.05) is 0 Å². The third kappa shape index (κ3) is 0.975. The molecule has 3 atom stereocenters. The van der Waals surface area contributed by atoms with Crippen LogP contribution >= 0.6 is 0 Å². The summed E-state index contributed by atoms with van der Waals surface area (Å²) in [6, 6.07) is 2.61. The summed E-state index contributed by atoms with van der Waals surface area (Å²) < 4.78 is 0. The van der Waals surface area contributed by atoms with Crippen LogP contribution in [-0.4, -0.2) is 0 Å². The number of hydrogen-bond acceptors (Lipinski definition) is 1. The van der Waals surface area contributed by atoms with Crippen LogP contribution in [0, 0.1) is 28.6 Å². The second-order valence-corrected chi connectivity index (χ2v) is 4.60. The number of rotatable bonds is 2. The van der Waals surface area contributed by atoms with Crippen LogP contribution in [-0.2, 0) is 0 Å². The molecular weight excluding hydrogens is 146 g/mol. The molecule has 0 N–H and O–H groups in total. The fraction of sp³-hybridized carbons (Fsp3) is 0.909. The predicted molar refractivity (Wildman–Crippen MR) is 48.4 cm³/mol. The third-order valence-electron chi connectivity index (χ3n) is 3.89. The van der Waals surface area contributed by atoms with Crippen LogP contribution in [0.3, 0.4) is 0 Å². The van der Waals surface area contributed by atoms with Crippen LogP contribution in [0.25, 0.3) is 0 Å². The van der Waals surface area contributed by atoms with Crippen LogP contribution in [0.5, 0.6) is 0 Å².